The number of fused-ring (bicyclic) bond motifs is 3. The molecule has 0 aliphatic carbocycles. The van der Waals surface area contributed by atoms with Crippen LogP contribution in [0.15, 0.2) is 54.6 Å². The van der Waals surface area contributed by atoms with E-state index in [0.29, 0.717) is 17.9 Å². The topological polar surface area (TPSA) is 97.0 Å². The molecule has 2 heterocycles. The van der Waals surface area contributed by atoms with Gasteiger partial charge in [-0.25, -0.2) is 4.68 Å². The first kappa shape index (κ1) is 20.4. The Bertz CT molecular complexity index is 1160. The molecule has 1 unspecified atom stereocenters. The summed E-state index contributed by atoms with van der Waals surface area (Å²) in [7, 11) is 0. The molecule has 1 atom stereocenters. The summed E-state index contributed by atoms with van der Waals surface area (Å²) in [5.41, 5.74) is 2.98. The van der Waals surface area contributed by atoms with Crippen LogP contribution in [0.2, 0.25) is 0 Å². The highest BCUT2D eigenvalue weighted by molar-refractivity contribution is 6.12. The van der Waals surface area contributed by atoms with Crippen molar-refractivity contribution in [1.82, 2.24) is 15.1 Å². The van der Waals surface area contributed by atoms with Crippen molar-refractivity contribution in [1.29, 1.82) is 5.26 Å². The van der Waals surface area contributed by atoms with Gasteiger partial charge < -0.3 is 10.1 Å². The van der Waals surface area contributed by atoms with E-state index in [-0.39, 0.29) is 12.3 Å². The fourth-order valence-electron chi connectivity index (χ4n) is 3.62. The molecule has 2 aromatic carbocycles. The van der Waals surface area contributed by atoms with Crippen molar-refractivity contribution in [2.75, 3.05) is 6.54 Å². The Morgan fingerprint density at radius 1 is 1.19 bits per heavy atom. The van der Waals surface area contributed by atoms with Crippen molar-refractivity contribution >= 4 is 11.7 Å². The molecule has 7 heteroatoms. The van der Waals surface area contributed by atoms with E-state index in [1.54, 1.807) is 4.68 Å². The highest BCUT2D eigenvalue weighted by atomic mass is 16.5. The van der Waals surface area contributed by atoms with E-state index >= 15 is 0 Å². The molecular formula is C24H22N4O3. The summed E-state index contributed by atoms with van der Waals surface area (Å²) in [6.45, 7) is 2.56. The Kier molecular flexibility index (Phi) is 5.80. The third kappa shape index (κ3) is 3.80. The molecule has 0 fully saturated rings. The summed E-state index contributed by atoms with van der Waals surface area (Å²) in [5.74, 6) is -1.98. The first-order chi connectivity index (χ1) is 15.2. The molecule has 0 spiro atoms. The number of hydrogen-bond acceptors (Lipinski definition) is 5. The molecule has 1 amide bonds. The predicted octanol–water partition coefficient (Wildman–Crippen LogP) is 3.67. The van der Waals surface area contributed by atoms with Gasteiger partial charge in [0.15, 0.2) is 5.92 Å². The third-order valence-electron chi connectivity index (χ3n) is 5.21. The second-order valence-electron chi connectivity index (χ2n) is 7.28. The molecule has 3 aromatic rings. The van der Waals surface area contributed by atoms with E-state index in [1.807, 2.05) is 67.6 Å². The molecule has 7 nitrogen and oxygen atoms in total. The van der Waals surface area contributed by atoms with E-state index in [2.05, 4.69) is 10.4 Å². The SMILES string of the molecule is CCCCNC(=O)C(C#N)C(=O)c1nn(-c2ccccc2)c2c1COc1ccccc1-2. The lowest BCUT2D eigenvalue weighted by Gasteiger charge is -2.19. The zero-order chi connectivity index (χ0) is 21.8. The normalized spacial score (nSPS) is 12.6. The second-order valence-corrected chi connectivity index (χ2v) is 7.28. The van der Waals surface area contributed by atoms with E-state index in [1.165, 1.54) is 0 Å². The summed E-state index contributed by atoms with van der Waals surface area (Å²) < 4.78 is 7.54. The summed E-state index contributed by atoms with van der Waals surface area (Å²) in [4.78, 5) is 25.8. The van der Waals surface area contributed by atoms with E-state index in [9.17, 15) is 14.9 Å². The first-order valence-electron chi connectivity index (χ1n) is 10.3. The summed E-state index contributed by atoms with van der Waals surface area (Å²) in [6.07, 6.45) is 1.68. The monoisotopic (exact) mass is 414 g/mol. The van der Waals surface area contributed by atoms with Gasteiger partial charge in [-0.1, -0.05) is 43.7 Å². The molecule has 1 N–H and O–H groups in total. The largest absolute Gasteiger partial charge is 0.488 e. The number of Topliss-reactive ketones (excluding diaryl/α,β-unsaturated/α-hetero) is 1. The Balaban J connectivity index is 1.80. The number of rotatable bonds is 7. The summed E-state index contributed by atoms with van der Waals surface area (Å²) in [6, 6.07) is 18.8. The number of ketones is 1. The smallest absolute Gasteiger partial charge is 0.245 e. The highest BCUT2D eigenvalue weighted by Gasteiger charge is 2.35. The van der Waals surface area contributed by atoms with Gasteiger partial charge in [-0.3, -0.25) is 9.59 Å². The number of nitrogens with zero attached hydrogens (tertiary/aromatic N) is 3. The average Bonchev–Trinajstić information content (AvgIpc) is 3.20. The van der Waals surface area contributed by atoms with Gasteiger partial charge in [-0.2, -0.15) is 10.4 Å². The van der Waals surface area contributed by atoms with Crippen molar-refractivity contribution < 1.29 is 14.3 Å². The number of aromatic nitrogens is 2. The number of unbranched alkanes of at least 4 members (excludes halogenated alkanes) is 1. The van der Waals surface area contributed by atoms with Crippen LogP contribution in [0.1, 0.15) is 35.8 Å². The summed E-state index contributed by atoms with van der Waals surface area (Å²) in [5, 5.41) is 16.8. The Morgan fingerprint density at radius 2 is 1.94 bits per heavy atom. The number of hydrogen-bond donors (Lipinski definition) is 1. The summed E-state index contributed by atoms with van der Waals surface area (Å²) >= 11 is 0. The van der Waals surface area contributed by atoms with Crippen molar-refractivity contribution in [3.05, 3.63) is 65.9 Å². The van der Waals surface area contributed by atoms with Crippen molar-refractivity contribution in [2.45, 2.75) is 26.4 Å². The number of amides is 1. The van der Waals surface area contributed by atoms with Crippen LogP contribution in [0.4, 0.5) is 0 Å². The lowest BCUT2D eigenvalue weighted by Crippen LogP contribution is -2.35. The van der Waals surface area contributed by atoms with Gasteiger partial charge in [0.2, 0.25) is 11.7 Å². The third-order valence-corrected chi connectivity index (χ3v) is 5.21. The van der Waals surface area contributed by atoms with Crippen LogP contribution in [0.5, 0.6) is 5.75 Å². The van der Waals surface area contributed by atoms with Gasteiger partial charge in [0.25, 0.3) is 0 Å². The van der Waals surface area contributed by atoms with Crippen LogP contribution < -0.4 is 10.1 Å². The van der Waals surface area contributed by atoms with E-state index < -0.39 is 17.6 Å². The van der Waals surface area contributed by atoms with E-state index in [0.717, 1.165) is 29.8 Å². The van der Waals surface area contributed by atoms with Crippen molar-refractivity contribution in [3.8, 4) is 28.8 Å². The van der Waals surface area contributed by atoms with Crippen LogP contribution in [-0.2, 0) is 11.4 Å². The number of nitriles is 1. The lowest BCUT2D eigenvalue weighted by atomic mass is 9.96. The van der Waals surface area contributed by atoms with Crippen molar-refractivity contribution in [2.24, 2.45) is 5.92 Å². The molecule has 156 valence electrons. The van der Waals surface area contributed by atoms with Gasteiger partial charge >= 0.3 is 0 Å². The minimum Gasteiger partial charge on any atom is -0.488 e. The predicted molar refractivity (Wildman–Crippen MR) is 115 cm³/mol. The van der Waals surface area contributed by atoms with Crippen LogP contribution in [0.25, 0.3) is 16.9 Å². The van der Waals surface area contributed by atoms with E-state index in [4.69, 9.17) is 4.74 Å². The van der Waals surface area contributed by atoms with Crippen LogP contribution in [0.3, 0.4) is 0 Å². The molecule has 1 aliphatic rings. The standard InChI is InChI=1S/C24H22N4O3/c1-2-3-13-26-24(30)18(14-25)23(29)21-19-15-31-20-12-8-7-11-17(20)22(19)28(27-21)16-9-5-4-6-10-16/h4-12,18H,2-3,13,15H2,1H3,(H,26,30). The second kappa shape index (κ2) is 8.84. The lowest BCUT2D eigenvalue weighted by molar-refractivity contribution is -0.122. The highest BCUT2D eigenvalue weighted by Crippen LogP contribution is 2.40. The minimum absolute atomic E-state index is 0.0885. The number of para-hydroxylation sites is 2. The maximum absolute atomic E-state index is 13.3. The van der Waals surface area contributed by atoms with Crippen LogP contribution in [0, 0.1) is 17.2 Å². The Labute approximate surface area is 180 Å². The fourth-order valence-corrected chi connectivity index (χ4v) is 3.62. The molecule has 1 aromatic heterocycles. The van der Waals surface area contributed by atoms with Gasteiger partial charge in [0, 0.05) is 17.7 Å². The molecule has 4 rings (SSSR count). The van der Waals surface area contributed by atoms with Gasteiger partial charge in [-0.15, -0.1) is 0 Å². The molecule has 1 aliphatic heterocycles. The molecule has 0 bridgehead atoms. The molecule has 0 radical (unpaired) electrons. The molecule has 0 saturated heterocycles. The van der Waals surface area contributed by atoms with Crippen LogP contribution in [-0.4, -0.2) is 28.0 Å². The molecule has 0 saturated carbocycles. The Morgan fingerprint density at radius 3 is 2.68 bits per heavy atom. The number of benzene rings is 2. The number of nitrogens with one attached hydrogen (secondary N) is 1. The number of carbonyl (C=O) groups excluding carboxylic acids is 2. The average molecular weight is 414 g/mol. The van der Waals surface area contributed by atoms with Gasteiger partial charge in [0.1, 0.15) is 18.1 Å². The zero-order valence-electron chi connectivity index (χ0n) is 17.2. The van der Waals surface area contributed by atoms with Crippen molar-refractivity contribution in [3.63, 3.8) is 0 Å². The Hall–Kier alpha value is -3.92. The fraction of sp³-hybridized carbons (Fsp3) is 0.250. The maximum atomic E-state index is 13.3. The minimum atomic E-state index is -1.46. The van der Waals surface area contributed by atoms with Gasteiger partial charge in [-0.05, 0) is 30.7 Å². The zero-order valence-corrected chi connectivity index (χ0v) is 17.2. The van der Waals surface area contributed by atoms with Gasteiger partial charge in [0.05, 0.1) is 17.5 Å². The number of carbonyl (C=O) groups is 2. The molecular weight excluding hydrogens is 392 g/mol. The molecule has 31 heavy (non-hydrogen) atoms. The number of ether oxygens (including phenoxy) is 1. The van der Waals surface area contributed by atoms with Crippen LogP contribution >= 0.6 is 0 Å². The first-order valence-corrected chi connectivity index (χ1v) is 10.3. The quantitative estimate of drug-likeness (QED) is 0.361. The maximum Gasteiger partial charge on any atom is 0.245 e.